The Labute approximate surface area is 126 Å². The lowest BCUT2D eigenvalue weighted by Gasteiger charge is -2.37. The fourth-order valence-electron chi connectivity index (χ4n) is 3.60. The van der Waals surface area contributed by atoms with Gasteiger partial charge >= 0.3 is 0 Å². The van der Waals surface area contributed by atoms with Gasteiger partial charge in [0.15, 0.2) is 0 Å². The number of carbonyl (C=O) groups is 1. The normalized spacial score (nSPS) is 29.7. The minimum atomic E-state index is -0.0490. The van der Waals surface area contributed by atoms with E-state index in [1.165, 1.54) is 12.8 Å². The summed E-state index contributed by atoms with van der Waals surface area (Å²) in [6.07, 6.45) is 4.60. The SMILES string of the molecule is COc1ccccc1C1NCC(=O)N1C1CCC(C)CC1. The van der Waals surface area contributed by atoms with Crippen molar-refractivity contribution < 1.29 is 9.53 Å². The number of ether oxygens (including phenoxy) is 1. The maximum atomic E-state index is 12.4. The topological polar surface area (TPSA) is 41.6 Å². The van der Waals surface area contributed by atoms with E-state index in [1.54, 1.807) is 7.11 Å². The molecule has 1 N–H and O–H groups in total. The largest absolute Gasteiger partial charge is 0.496 e. The highest BCUT2D eigenvalue weighted by molar-refractivity contribution is 5.81. The third-order valence-corrected chi connectivity index (χ3v) is 4.83. The van der Waals surface area contributed by atoms with E-state index >= 15 is 0 Å². The van der Waals surface area contributed by atoms with Crippen LogP contribution < -0.4 is 10.1 Å². The van der Waals surface area contributed by atoms with E-state index in [9.17, 15) is 4.79 Å². The van der Waals surface area contributed by atoms with Crippen LogP contribution in [0.1, 0.15) is 44.3 Å². The summed E-state index contributed by atoms with van der Waals surface area (Å²) in [5.74, 6) is 1.85. The van der Waals surface area contributed by atoms with Crippen LogP contribution >= 0.6 is 0 Å². The summed E-state index contributed by atoms with van der Waals surface area (Å²) >= 11 is 0. The van der Waals surface area contributed by atoms with Crippen LogP contribution in [0.4, 0.5) is 0 Å². The molecule has 1 saturated carbocycles. The second-order valence-corrected chi connectivity index (χ2v) is 6.24. The van der Waals surface area contributed by atoms with Crippen molar-refractivity contribution in [1.29, 1.82) is 0 Å². The van der Waals surface area contributed by atoms with Gasteiger partial charge in [-0.3, -0.25) is 10.1 Å². The Bertz CT molecular complexity index is 509. The summed E-state index contributed by atoms with van der Waals surface area (Å²) in [6.45, 7) is 2.73. The molecule has 114 valence electrons. The Morgan fingerprint density at radius 2 is 1.90 bits per heavy atom. The van der Waals surface area contributed by atoms with E-state index in [4.69, 9.17) is 4.74 Å². The Hall–Kier alpha value is -1.55. The molecule has 1 heterocycles. The van der Waals surface area contributed by atoms with E-state index in [2.05, 4.69) is 17.1 Å². The third-order valence-electron chi connectivity index (χ3n) is 4.83. The highest BCUT2D eigenvalue weighted by Crippen LogP contribution is 2.36. The van der Waals surface area contributed by atoms with Gasteiger partial charge in [0.05, 0.1) is 13.7 Å². The molecule has 3 rings (SSSR count). The number of para-hydroxylation sites is 1. The predicted molar refractivity (Wildman–Crippen MR) is 82.0 cm³/mol. The first-order valence-electron chi connectivity index (χ1n) is 7.88. The van der Waals surface area contributed by atoms with Crippen LogP contribution in [0.15, 0.2) is 24.3 Å². The van der Waals surface area contributed by atoms with Gasteiger partial charge < -0.3 is 9.64 Å². The molecule has 4 heteroatoms. The zero-order valence-corrected chi connectivity index (χ0v) is 12.8. The lowest BCUT2D eigenvalue weighted by molar-refractivity contribution is -0.131. The van der Waals surface area contributed by atoms with Crippen molar-refractivity contribution in [2.24, 2.45) is 5.92 Å². The van der Waals surface area contributed by atoms with E-state index in [0.717, 1.165) is 30.1 Å². The van der Waals surface area contributed by atoms with Gasteiger partial charge in [-0.05, 0) is 37.7 Å². The molecule has 1 aliphatic heterocycles. The van der Waals surface area contributed by atoms with Crippen LogP contribution in [-0.2, 0) is 4.79 Å². The van der Waals surface area contributed by atoms with Crippen molar-refractivity contribution in [3.8, 4) is 5.75 Å². The second-order valence-electron chi connectivity index (χ2n) is 6.24. The number of methoxy groups -OCH3 is 1. The lowest BCUT2D eigenvalue weighted by atomic mass is 9.86. The van der Waals surface area contributed by atoms with Crippen LogP contribution in [0.2, 0.25) is 0 Å². The molecule has 1 atom stereocenters. The van der Waals surface area contributed by atoms with Crippen LogP contribution in [0.5, 0.6) is 5.75 Å². The minimum absolute atomic E-state index is 0.0490. The van der Waals surface area contributed by atoms with Crippen molar-refractivity contribution in [1.82, 2.24) is 10.2 Å². The molecular formula is C17H24N2O2. The van der Waals surface area contributed by atoms with Gasteiger partial charge in [-0.2, -0.15) is 0 Å². The van der Waals surface area contributed by atoms with Crippen molar-refractivity contribution in [3.05, 3.63) is 29.8 Å². The van der Waals surface area contributed by atoms with Crippen LogP contribution in [0.25, 0.3) is 0 Å². The highest BCUT2D eigenvalue weighted by atomic mass is 16.5. The molecule has 0 radical (unpaired) electrons. The minimum Gasteiger partial charge on any atom is -0.496 e. The number of nitrogens with one attached hydrogen (secondary N) is 1. The molecule has 0 aromatic heterocycles. The van der Waals surface area contributed by atoms with E-state index in [0.29, 0.717) is 12.6 Å². The maximum Gasteiger partial charge on any atom is 0.238 e. The Kier molecular flexibility index (Phi) is 4.15. The fraction of sp³-hybridized carbons (Fsp3) is 0.588. The molecule has 1 saturated heterocycles. The molecule has 0 bridgehead atoms. The van der Waals surface area contributed by atoms with Crippen molar-refractivity contribution in [2.75, 3.05) is 13.7 Å². The number of amides is 1. The molecule has 1 aliphatic carbocycles. The van der Waals surface area contributed by atoms with Gasteiger partial charge in [0.25, 0.3) is 0 Å². The Morgan fingerprint density at radius 3 is 2.62 bits per heavy atom. The fourth-order valence-corrected chi connectivity index (χ4v) is 3.60. The number of hydrogen-bond donors (Lipinski definition) is 1. The monoisotopic (exact) mass is 288 g/mol. The number of benzene rings is 1. The molecule has 1 aromatic carbocycles. The molecule has 21 heavy (non-hydrogen) atoms. The van der Waals surface area contributed by atoms with Crippen LogP contribution in [0.3, 0.4) is 0 Å². The molecule has 1 aromatic rings. The summed E-state index contributed by atoms with van der Waals surface area (Å²) in [5.41, 5.74) is 1.06. The molecular weight excluding hydrogens is 264 g/mol. The van der Waals surface area contributed by atoms with Gasteiger partial charge in [-0.1, -0.05) is 25.1 Å². The van der Waals surface area contributed by atoms with Gasteiger partial charge in [0.2, 0.25) is 5.91 Å². The van der Waals surface area contributed by atoms with E-state index in [1.807, 2.05) is 24.3 Å². The van der Waals surface area contributed by atoms with Crippen molar-refractivity contribution in [2.45, 2.75) is 44.8 Å². The number of carbonyl (C=O) groups excluding carboxylic acids is 1. The number of rotatable bonds is 3. The zero-order valence-electron chi connectivity index (χ0n) is 12.8. The van der Waals surface area contributed by atoms with Crippen molar-refractivity contribution >= 4 is 5.91 Å². The molecule has 1 amide bonds. The second kappa shape index (κ2) is 6.06. The van der Waals surface area contributed by atoms with Gasteiger partial charge in [0.1, 0.15) is 11.9 Å². The first-order chi connectivity index (χ1) is 10.2. The Morgan fingerprint density at radius 1 is 1.19 bits per heavy atom. The quantitative estimate of drug-likeness (QED) is 0.930. The smallest absolute Gasteiger partial charge is 0.238 e. The lowest BCUT2D eigenvalue weighted by Crippen LogP contribution is -2.41. The van der Waals surface area contributed by atoms with Gasteiger partial charge in [-0.25, -0.2) is 0 Å². The summed E-state index contributed by atoms with van der Waals surface area (Å²) in [5, 5.41) is 3.35. The predicted octanol–water partition coefficient (Wildman–Crippen LogP) is 2.70. The third kappa shape index (κ3) is 2.77. The number of hydrogen-bond acceptors (Lipinski definition) is 3. The summed E-state index contributed by atoms with van der Waals surface area (Å²) in [7, 11) is 1.68. The number of nitrogens with zero attached hydrogens (tertiary/aromatic N) is 1. The summed E-state index contributed by atoms with van der Waals surface area (Å²) in [6, 6.07) is 8.34. The standard InChI is InChI=1S/C17H24N2O2/c1-12-7-9-13(10-8-12)19-16(20)11-18-17(19)14-5-3-4-6-15(14)21-2/h3-6,12-13,17-18H,7-11H2,1-2H3. The Balaban J connectivity index is 1.85. The highest BCUT2D eigenvalue weighted by Gasteiger charge is 2.38. The molecule has 0 spiro atoms. The van der Waals surface area contributed by atoms with Crippen LogP contribution in [-0.4, -0.2) is 30.5 Å². The van der Waals surface area contributed by atoms with Crippen molar-refractivity contribution in [3.63, 3.8) is 0 Å². The molecule has 2 aliphatic rings. The first kappa shape index (κ1) is 14.4. The average Bonchev–Trinajstić information content (AvgIpc) is 2.90. The van der Waals surface area contributed by atoms with Gasteiger partial charge in [0, 0.05) is 11.6 Å². The molecule has 2 fully saturated rings. The van der Waals surface area contributed by atoms with E-state index in [-0.39, 0.29) is 12.1 Å². The van der Waals surface area contributed by atoms with Crippen LogP contribution in [0, 0.1) is 5.92 Å². The van der Waals surface area contributed by atoms with Gasteiger partial charge in [-0.15, -0.1) is 0 Å². The zero-order chi connectivity index (χ0) is 14.8. The van der Waals surface area contributed by atoms with E-state index < -0.39 is 0 Å². The summed E-state index contributed by atoms with van der Waals surface area (Å²) in [4.78, 5) is 14.4. The molecule has 1 unspecified atom stereocenters. The summed E-state index contributed by atoms with van der Waals surface area (Å²) < 4.78 is 5.47. The maximum absolute atomic E-state index is 12.4. The first-order valence-corrected chi connectivity index (χ1v) is 7.88. The average molecular weight is 288 g/mol. The molecule has 4 nitrogen and oxygen atoms in total.